The van der Waals surface area contributed by atoms with Gasteiger partial charge in [0.05, 0.1) is 17.4 Å². The number of hydrogen-bond donors (Lipinski definition) is 2. The Labute approximate surface area is 95.5 Å². The lowest BCUT2D eigenvalue weighted by Gasteiger charge is -2.23. The van der Waals surface area contributed by atoms with Crippen molar-refractivity contribution in [2.45, 2.75) is 38.1 Å². The molecular formula is C12H16N4. The fourth-order valence-corrected chi connectivity index (χ4v) is 2.12. The van der Waals surface area contributed by atoms with Crippen LogP contribution in [0.3, 0.4) is 0 Å². The Morgan fingerprint density at radius 1 is 1.38 bits per heavy atom. The molecule has 1 aromatic heterocycles. The third kappa shape index (κ3) is 2.43. The first kappa shape index (κ1) is 10.7. The second kappa shape index (κ2) is 4.84. The predicted octanol–water partition coefficient (Wildman–Crippen LogP) is 2.28. The molecule has 1 heterocycles. The lowest BCUT2D eigenvalue weighted by Crippen LogP contribution is -2.23. The summed E-state index contributed by atoms with van der Waals surface area (Å²) < 4.78 is 0. The van der Waals surface area contributed by atoms with Crippen molar-refractivity contribution < 1.29 is 0 Å². The smallest absolute Gasteiger partial charge is 0.144 e. The molecule has 0 radical (unpaired) electrons. The van der Waals surface area contributed by atoms with Crippen LogP contribution in [-0.2, 0) is 0 Å². The van der Waals surface area contributed by atoms with E-state index in [1.54, 1.807) is 12.3 Å². The summed E-state index contributed by atoms with van der Waals surface area (Å²) in [4.78, 5) is 4.18. The highest BCUT2D eigenvalue weighted by Crippen LogP contribution is 2.22. The molecule has 0 spiro atoms. The Kier molecular flexibility index (Phi) is 3.25. The molecule has 1 aliphatic carbocycles. The van der Waals surface area contributed by atoms with Crippen molar-refractivity contribution in [1.82, 2.24) is 4.98 Å². The number of rotatable bonds is 2. The van der Waals surface area contributed by atoms with Gasteiger partial charge in [0.25, 0.3) is 0 Å². The molecule has 84 valence electrons. The second-order valence-corrected chi connectivity index (χ2v) is 4.26. The molecule has 4 nitrogen and oxygen atoms in total. The summed E-state index contributed by atoms with van der Waals surface area (Å²) in [6.07, 6.45) is 7.75. The zero-order valence-electron chi connectivity index (χ0n) is 9.24. The molecule has 0 aromatic carbocycles. The van der Waals surface area contributed by atoms with Crippen molar-refractivity contribution in [3.8, 4) is 6.07 Å². The van der Waals surface area contributed by atoms with Crippen molar-refractivity contribution in [3.05, 3.63) is 17.8 Å². The summed E-state index contributed by atoms with van der Waals surface area (Å²) in [5, 5.41) is 12.3. The number of aromatic nitrogens is 1. The van der Waals surface area contributed by atoms with Gasteiger partial charge in [0.2, 0.25) is 0 Å². The van der Waals surface area contributed by atoms with E-state index in [4.69, 9.17) is 11.0 Å². The van der Waals surface area contributed by atoms with Crippen LogP contribution < -0.4 is 11.1 Å². The van der Waals surface area contributed by atoms with E-state index in [-0.39, 0.29) is 0 Å². The lowest BCUT2D eigenvalue weighted by molar-refractivity contribution is 0.462. The standard InChI is InChI=1S/C12H16N4/c13-7-9-6-10(14)8-15-12(9)16-11-4-2-1-3-5-11/h6,8,11H,1-5,14H2,(H,15,16). The fraction of sp³-hybridized carbons (Fsp3) is 0.500. The van der Waals surface area contributed by atoms with Gasteiger partial charge in [-0.3, -0.25) is 0 Å². The molecule has 1 saturated carbocycles. The summed E-state index contributed by atoms with van der Waals surface area (Å²) in [5.41, 5.74) is 6.66. The molecule has 1 aromatic rings. The van der Waals surface area contributed by atoms with Crippen LogP contribution in [0.2, 0.25) is 0 Å². The van der Waals surface area contributed by atoms with Gasteiger partial charge in [-0.1, -0.05) is 19.3 Å². The van der Waals surface area contributed by atoms with Crippen LogP contribution >= 0.6 is 0 Å². The highest BCUT2D eigenvalue weighted by atomic mass is 15.0. The van der Waals surface area contributed by atoms with Gasteiger partial charge in [-0.25, -0.2) is 4.98 Å². The molecule has 0 amide bonds. The number of nitrogens with one attached hydrogen (secondary N) is 1. The summed E-state index contributed by atoms with van der Waals surface area (Å²) in [7, 11) is 0. The normalized spacial score (nSPS) is 16.7. The van der Waals surface area contributed by atoms with Gasteiger partial charge in [-0.05, 0) is 18.9 Å². The topological polar surface area (TPSA) is 74.7 Å². The van der Waals surface area contributed by atoms with Crippen molar-refractivity contribution in [2.75, 3.05) is 11.1 Å². The Morgan fingerprint density at radius 3 is 2.81 bits per heavy atom. The van der Waals surface area contributed by atoms with Crippen LogP contribution in [0.25, 0.3) is 0 Å². The molecule has 0 atom stereocenters. The number of nitrogen functional groups attached to an aromatic ring is 1. The van der Waals surface area contributed by atoms with Crippen LogP contribution in [-0.4, -0.2) is 11.0 Å². The van der Waals surface area contributed by atoms with Gasteiger partial charge in [0, 0.05) is 6.04 Å². The summed E-state index contributed by atoms with van der Waals surface area (Å²) >= 11 is 0. The van der Waals surface area contributed by atoms with Gasteiger partial charge in [0.1, 0.15) is 11.9 Å². The second-order valence-electron chi connectivity index (χ2n) is 4.26. The Balaban J connectivity index is 2.11. The molecule has 4 heteroatoms. The molecule has 0 bridgehead atoms. The molecule has 0 saturated heterocycles. The van der Waals surface area contributed by atoms with Crippen LogP contribution in [0.1, 0.15) is 37.7 Å². The van der Waals surface area contributed by atoms with E-state index >= 15 is 0 Å². The Bertz CT molecular complexity index is 402. The lowest BCUT2D eigenvalue weighted by atomic mass is 9.95. The minimum absolute atomic E-state index is 0.456. The maximum atomic E-state index is 8.99. The molecule has 2 rings (SSSR count). The zero-order valence-corrected chi connectivity index (χ0v) is 9.24. The number of nitrogens with two attached hydrogens (primary N) is 1. The monoisotopic (exact) mass is 216 g/mol. The van der Waals surface area contributed by atoms with E-state index in [1.165, 1.54) is 19.3 Å². The number of nitriles is 1. The third-order valence-corrected chi connectivity index (χ3v) is 2.98. The first-order valence-electron chi connectivity index (χ1n) is 5.72. The number of hydrogen-bond acceptors (Lipinski definition) is 4. The summed E-state index contributed by atoms with van der Waals surface area (Å²) in [5.74, 6) is 0.670. The van der Waals surface area contributed by atoms with E-state index in [9.17, 15) is 0 Å². The first-order valence-corrected chi connectivity index (χ1v) is 5.72. The molecule has 3 N–H and O–H groups in total. The molecule has 0 unspecified atom stereocenters. The van der Waals surface area contributed by atoms with Crippen LogP contribution in [0.4, 0.5) is 11.5 Å². The maximum absolute atomic E-state index is 8.99. The SMILES string of the molecule is N#Cc1cc(N)cnc1NC1CCCCC1. The Morgan fingerprint density at radius 2 is 2.12 bits per heavy atom. The van der Waals surface area contributed by atoms with E-state index in [1.807, 2.05) is 0 Å². The Hall–Kier alpha value is -1.76. The number of nitrogens with zero attached hydrogens (tertiary/aromatic N) is 2. The molecule has 16 heavy (non-hydrogen) atoms. The summed E-state index contributed by atoms with van der Waals surface area (Å²) in [6, 6.07) is 4.24. The van der Waals surface area contributed by atoms with Crippen LogP contribution in [0.15, 0.2) is 12.3 Å². The van der Waals surface area contributed by atoms with E-state index in [0.717, 1.165) is 12.8 Å². The minimum Gasteiger partial charge on any atom is -0.397 e. The van der Waals surface area contributed by atoms with Gasteiger partial charge in [-0.2, -0.15) is 5.26 Å². The van der Waals surface area contributed by atoms with Gasteiger partial charge >= 0.3 is 0 Å². The average Bonchev–Trinajstić information content (AvgIpc) is 2.33. The summed E-state index contributed by atoms with van der Waals surface area (Å²) in [6.45, 7) is 0. The third-order valence-electron chi connectivity index (χ3n) is 2.98. The van der Waals surface area contributed by atoms with Crippen molar-refractivity contribution in [2.24, 2.45) is 0 Å². The van der Waals surface area contributed by atoms with Crippen LogP contribution in [0.5, 0.6) is 0 Å². The fourth-order valence-electron chi connectivity index (χ4n) is 2.12. The highest BCUT2D eigenvalue weighted by molar-refractivity contribution is 5.57. The van der Waals surface area contributed by atoms with E-state index in [2.05, 4.69) is 16.4 Å². The molecular weight excluding hydrogens is 200 g/mol. The molecule has 0 aliphatic heterocycles. The highest BCUT2D eigenvalue weighted by Gasteiger charge is 2.15. The largest absolute Gasteiger partial charge is 0.397 e. The molecule has 1 aliphatic rings. The predicted molar refractivity (Wildman–Crippen MR) is 63.9 cm³/mol. The van der Waals surface area contributed by atoms with E-state index < -0.39 is 0 Å². The first-order chi connectivity index (χ1) is 7.79. The molecule has 1 fully saturated rings. The quantitative estimate of drug-likeness (QED) is 0.795. The maximum Gasteiger partial charge on any atom is 0.144 e. The minimum atomic E-state index is 0.456. The van der Waals surface area contributed by atoms with E-state index in [0.29, 0.717) is 23.1 Å². The number of pyridine rings is 1. The van der Waals surface area contributed by atoms with Gasteiger partial charge in [-0.15, -0.1) is 0 Å². The van der Waals surface area contributed by atoms with Crippen molar-refractivity contribution in [3.63, 3.8) is 0 Å². The van der Waals surface area contributed by atoms with Crippen LogP contribution in [0, 0.1) is 11.3 Å². The average molecular weight is 216 g/mol. The van der Waals surface area contributed by atoms with Gasteiger partial charge in [0.15, 0.2) is 0 Å². The zero-order chi connectivity index (χ0) is 11.4. The van der Waals surface area contributed by atoms with Gasteiger partial charge < -0.3 is 11.1 Å². The van der Waals surface area contributed by atoms with Crippen molar-refractivity contribution >= 4 is 11.5 Å². The number of anilines is 2. The van der Waals surface area contributed by atoms with Crippen molar-refractivity contribution in [1.29, 1.82) is 5.26 Å².